The number of fused-ring (bicyclic) bond motifs is 5. The lowest BCUT2D eigenvalue weighted by Crippen LogP contribution is -2.51. The van der Waals surface area contributed by atoms with Gasteiger partial charge in [-0.2, -0.15) is 15.1 Å². The van der Waals surface area contributed by atoms with Crippen molar-refractivity contribution in [3.8, 4) is 23.0 Å². The van der Waals surface area contributed by atoms with Crippen LogP contribution >= 0.6 is 0 Å². The summed E-state index contributed by atoms with van der Waals surface area (Å²) in [5.74, 6) is -2.88. The van der Waals surface area contributed by atoms with Crippen molar-refractivity contribution in [3.63, 3.8) is 0 Å². The third-order valence-electron chi connectivity index (χ3n) is 8.35. The number of piperazine rings is 1. The fourth-order valence-corrected chi connectivity index (χ4v) is 6.36. The zero-order valence-electron chi connectivity index (χ0n) is 22.9. The van der Waals surface area contributed by atoms with Gasteiger partial charge in [-0.1, -0.05) is 6.07 Å². The zero-order chi connectivity index (χ0) is 29.4. The van der Waals surface area contributed by atoms with Gasteiger partial charge in [-0.25, -0.2) is 13.2 Å². The number of aryl methyl sites for hydroxylation is 1. The lowest BCUT2D eigenvalue weighted by atomic mass is 9.99. The number of aromatic nitrogens is 6. The van der Waals surface area contributed by atoms with Gasteiger partial charge in [0, 0.05) is 49.4 Å². The Labute approximate surface area is 242 Å². The Morgan fingerprint density at radius 3 is 2.63 bits per heavy atom. The number of phenolic OH excluding ortho intramolecular Hbond substituents is 1. The van der Waals surface area contributed by atoms with Crippen LogP contribution in [-0.4, -0.2) is 60.0 Å². The maximum Gasteiger partial charge on any atom is 0.319 e. The molecule has 0 spiro atoms. The number of aromatic amines is 1. The summed E-state index contributed by atoms with van der Waals surface area (Å²) < 4.78 is 53.5. The summed E-state index contributed by atoms with van der Waals surface area (Å²) in [7, 11) is 1.84. The minimum atomic E-state index is -1.16. The average Bonchev–Trinajstić information content (AvgIpc) is 3.67. The predicted molar refractivity (Wildman–Crippen MR) is 153 cm³/mol. The van der Waals surface area contributed by atoms with E-state index in [1.165, 1.54) is 24.4 Å². The molecule has 218 valence electrons. The number of halogens is 3. The van der Waals surface area contributed by atoms with Gasteiger partial charge in [0.2, 0.25) is 0 Å². The average molecular weight is 587 g/mol. The van der Waals surface area contributed by atoms with Crippen molar-refractivity contribution < 1.29 is 23.0 Å². The van der Waals surface area contributed by atoms with E-state index in [1.807, 2.05) is 13.1 Å². The first kappa shape index (κ1) is 25.8. The van der Waals surface area contributed by atoms with Crippen LogP contribution in [0.4, 0.5) is 19.0 Å². The highest BCUT2D eigenvalue weighted by Gasteiger charge is 2.34. The molecule has 2 saturated heterocycles. The number of aromatic hydroxyl groups is 1. The Hall–Kier alpha value is -4.91. The van der Waals surface area contributed by atoms with E-state index in [0.29, 0.717) is 24.3 Å². The molecular weight excluding hydrogens is 561 g/mol. The smallest absolute Gasteiger partial charge is 0.319 e. The van der Waals surface area contributed by atoms with Crippen molar-refractivity contribution in [2.24, 2.45) is 7.05 Å². The number of phenols is 1. The van der Waals surface area contributed by atoms with Crippen molar-refractivity contribution >= 4 is 38.5 Å². The summed E-state index contributed by atoms with van der Waals surface area (Å²) in [5.41, 5.74) is 2.05. The molecule has 0 amide bonds. The molecule has 6 heterocycles. The van der Waals surface area contributed by atoms with Crippen molar-refractivity contribution in [1.29, 1.82) is 0 Å². The summed E-state index contributed by atoms with van der Waals surface area (Å²) in [4.78, 5) is 18.8. The molecule has 2 aromatic carbocycles. The van der Waals surface area contributed by atoms with Gasteiger partial charge in [0.1, 0.15) is 29.4 Å². The van der Waals surface area contributed by atoms with Crippen LogP contribution in [0, 0.1) is 17.5 Å². The van der Waals surface area contributed by atoms with E-state index in [2.05, 4.69) is 30.3 Å². The van der Waals surface area contributed by atoms with Crippen molar-refractivity contribution in [2.75, 3.05) is 18.0 Å². The Morgan fingerprint density at radius 1 is 1.02 bits per heavy atom. The molecule has 0 unspecified atom stereocenters. The molecule has 0 aliphatic carbocycles. The molecule has 2 aliphatic rings. The Balaban J connectivity index is 1.27. The second-order valence-corrected chi connectivity index (χ2v) is 11.2. The summed E-state index contributed by atoms with van der Waals surface area (Å²) >= 11 is 0. The van der Waals surface area contributed by atoms with Crippen LogP contribution in [-0.2, 0) is 13.7 Å². The molecule has 43 heavy (non-hydrogen) atoms. The summed E-state index contributed by atoms with van der Waals surface area (Å²) in [6.07, 6.45) is 5.22. The van der Waals surface area contributed by atoms with Gasteiger partial charge >= 0.3 is 6.01 Å². The van der Waals surface area contributed by atoms with Gasteiger partial charge in [0.05, 0.1) is 28.3 Å². The van der Waals surface area contributed by atoms with Gasteiger partial charge in [-0.05, 0) is 42.5 Å². The van der Waals surface area contributed by atoms with E-state index in [1.54, 1.807) is 10.9 Å². The van der Waals surface area contributed by atoms with Crippen LogP contribution < -0.4 is 15.0 Å². The molecule has 4 aromatic heterocycles. The number of hydrogen-bond donors (Lipinski definition) is 3. The molecule has 13 heteroatoms. The van der Waals surface area contributed by atoms with Crippen molar-refractivity contribution in [1.82, 2.24) is 35.0 Å². The molecule has 2 aliphatic heterocycles. The maximum absolute atomic E-state index is 16.5. The molecule has 6 aromatic rings. The van der Waals surface area contributed by atoms with Crippen molar-refractivity contribution in [2.45, 2.75) is 31.5 Å². The Morgan fingerprint density at radius 2 is 1.84 bits per heavy atom. The Bertz CT molecular complexity index is 2060. The number of nitrogens with zero attached hydrogens (tertiary/aromatic N) is 6. The third-order valence-corrected chi connectivity index (χ3v) is 8.35. The van der Waals surface area contributed by atoms with Gasteiger partial charge in [0.15, 0.2) is 17.5 Å². The number of hydrogen-bond acceptors (Lipinski definition) is 8. The van der Waals surface area contributed by atoms with Gasteiger partial charge in [-0.3, -0.25) is 9.67 Å². The first-order valence-corrected chi connectivity index (χ1v) is 13.9. The van der Waals surface area contributed by atoms with Crippen LogP contribution in [0.15, 0.2) is 42.7 Å². The largest absolute Gasteiger partial charge is 0.508 e. The molecule has 10 nitrogen and oxygen atoms in total. The van der Waals surface area contributed by atoms with Crippen LogP contribution in [0.1, 0.15) is 18.5 Å². The fourth-order valence-electron chi connectivity index (χ4n) is 6.36. The van der Waals surface area contributed by atoms with Gasteiger partial charge in [-0.15, -0.1) is 0 Å². The lowest BCUT2D eigenvalue weighted by molar-refractivity contribution is 0.278. The molecule has 8 rings (SSSR count). The van der Waals surface area contributed by atoms with Crippen LogP contribution in [0.3, 0.4) is 0 Å². The SMILES string of the molecule is Cn1ncc2[nH]c(COc3nc(N4C[C@H]5CC[C@@H](C4)N5)c4cnc(-c5cc(O)cc6ccc(F)c(F)c56)c(F)c4n3)cc21. The predicted octanol–water partition coefficient (Wildman–Crippen LogP) is 4.70. The van der Waals surface area contributed by atoms with Gasteiger partial charge in [0.25, 0.3) is 0 Å². The van der Waals surface area contributed by atoms with E-state index in [-0.39, 0.29) is 58.0 Å². The lowest BCUT2D eigenvalue weighted by Gasteiger charge is -2.34. The fraction of sp³-hybridized carbons (Fsp3) is 0.267. The maximum atomic E-state index is 16.5. The van der Waals surface area contributed by atoms with Crippen LogP contribution in [0.2, 0.25) is 0 Å². The van der Waals surface area contributed by atoms with E-state index >= 15 is 8.78 Å². The molecule has 3 N–H and O–H groups in total. The number of ether oxygens (including phenoxy) is 1. The number of H-pyrrole nitrogens is 1. The minimum absolute atomic E-state index is 0.0424. The second kappa shape index (κ2) is 9.56. The second-order valence-electron chi connectivity index (χ2n) is 11.2. The highest BCUT2D eigenvalue weighted by atomic mass is 19.2. The molecule has 0 radical (unpaired) electrons. The summed E-state index contributed by atoms with van der Waals surface area (Å²) in [5, 5.41) is 18.5. The van der Waals surface area contributed by atoms with Crippen molar-refractivity contribution in [3.05, 3.63) is 65.9 Å². The Kier molecular flexibility index (Phi) is 5.73. The molecule has 0 saturated carbocycles. The topological polar surface area (TPSA) is 117 Å². The van der Waals surface area contributed by atoms with E-state index < -0.39 is 17.5 Å². The number of benzene rings is 2. The number of nitrogens with one attached hydrogen (secondary N) is 2. The standard InChI is InChI=1S/C30H25F3N8O2/c1-40-23-7-17(37-22(23)10-35-40)13-43-30-38-28-20(29(39-30)41-11-15-3-4-16(12-41)36-15)9-34-27(26(28)33)19-8-18(42)6-14-2-5-21(31)25(32)24(14)19/h2,5-10,15-16,36-37,42H,3-4,11-13H2,1H3/t15-,16+. The van der Waals surface area contributed by atoms with E-state index in [4.69, 9.17) is 9.72 Å². The quantitative estimate of drug-likeness (QED) is 0.266. The first-order chi connectivity index (χ1) is 20.8. The van der Waals surface area contributed by atoms with Gasteiger partial charge < -0.3 is 25.0 Å². The normalized spacial score (nSPS) is 18.4. The summed E-state index contributed by atoms with van der Waals surface area (Å²) in [6.45, 7) is 1.43. The van der Waals surface area contributed by atoms with E-state index in [9.17, 15) is 9.50 Å². The molecule has 2 atom stereocenters. The van der Waals surface area contributed by atoms with E-state index in [0.717, 1.165) is 35.6 Å². The first-order valence-electron chi connectivity index (χ1n) is 13.9. The third kappa shape index (κ3) is 4.22. The molecular formula is C30H25F3N8O2. The summed E-state index contributed by atoms with van der Waals surface area (Å²) in [6, 6.07) is 7.15. The zero-order valence-corrected chi connectivity index (χ0v) is 22.9. The molecule has 2 bridgehead atoms. The highest BCUT2D eigenvalue weighted by molar-refractivity contribution is 6.00. The number of anilines is 1. The minimum Gasteiger partial charge on any atom is -0.508 e. The molecule has 2 fully saturated rings. The highest BCUT2D eigenvalue weighted by Crippen LogP contribution is 2.39. The van der Waals surface area contributed by atoms with Crippen LogP contribution in [0.25, 0.3) is 44.0 Å². The number of rotatable bonds is 5. The monoisotopic (exact) mass is 586 g/mol. The number of pyridine rings is 1. The van der Waals surface area contributed by atoms with Crippen LogP contribution in [0.5, 0.6) is 11.8 Å².